The van der Waals surface area contributed by atoms with Gasteiger partial charge in [-0.1, -0.05) is 0 Å². The monoisotopic (exact) mass is 100 g/mol. The van der Waals surface area contributed by atoms with Crippen molar-refractivity contribution >= 4 is 0 Å². The van der Waals surface area contributed by atoms with E-state index in [1.807, 2.05) is 6.54 Å². The Morgan fingerprint density at radius 2 is 2.43 bits per heavy atom. The number of nitrogens with one attached hydrogen (secondary N) is 1. The van der Waals surface area contributed by atoms with Crippen molar-refractivity contribution in [1.29, 1.82) is 0 Å². The van der Waals surface area contributed by atoms with E-state index in [0.29, 0.717) is 0 Å². The summed E-state index contributed by atoms with van der Waals surface area (Å²) in [4.78, 5) is 0. The van der Waals surface area contributed by atoms with Gasteiger partial charge in [0.25, 0.3) is 0 Å². The predicted molar refractivity (Wildman–Crippen MR) is 27.7 cm³/mol. The topological polar surface area (TPSA) is 21.3 Å². The normalized spacial score (nSPS) is 24.0. The SMILES string of the molecule is [CH]1CCOCCN1. The lowest BCUT2D eigenvalue weighted by Crippen LogP contribution is -2.11. The molecule has 0 unspecified atom stereocenters. The van der Waals surface area contributed by atoms with Crippen molar-refractivity contribution < 1.29 is 4.74 Å². The van der Waals surface area contributed by atoms with Crippen LogP contribution >= 0.6 is 0 Å². The first kappa shape index (κ1) is 5.06. The largest absolute Gasteiger partial charge is 0.380 e. The molecule has 2 nitrogen and oxygen atoms in total. The van der Waals surface area contributed by atoms with Gasteiger partial charge in [0.15, 0.2) is 0 Å². The molecular weight excluding hydrogens is 90.1 g/mol. The molecule has 1 fully saturated rings. The van der Waals surface area contributed by atoms with Gasteiger partial charge in [-0.2, -0.15) is 0 Å². The highest BCUT2D eigenvalue weighted by Crippen LogP contribution is 1.88. The fourth-order valence-electron chi connectivity index (χ4n) is 0.580. The summed E-state index contributed by atoms with van der Waals surface area (Å²) in [5.74, 6) is 0. The van der Waals surface area contributed by atoms with Gasteiger partial charge in [-0.15, -0.1) is 0 Å². The molecule has 1 radical (unpaired) electrons. The molecule has 0 aromatic heterocycles. The molecule has 1 heterocycles. The number of hydrogen-bond donors (Lipinski definition) is 1. The maximum Gasteiger partial charge on any atom is 0.0591 e. The molecule has 1 N–H and O–H groups in total. The van der Waals surface area contributed by atoms with E-state index in [1.54, 1.807) is 0 Å². The molecule has 1 aliphatic heterocycles. The van der Waals surface area contributed by atoms with E-state index in [-0.39, 0.29) is 0 Å². The molecule has 1 aliphatic rings. The first-order chi connectivity index (χ1) is 3.50. The third kappa shape index (κ3) is 1.90. The maximum atomic E-state index is 5.10. The van der Waals surface area contributed by atoms with Crippen molar-refractivity contribution in [2.75, 3.05) is 19.8 Å². The third-order valence-corrected chi connectivity index (χ3v) is 0.942. The average molecular weight is 100 g/mol. The zero-order valence-corrected chi connectivity index (χ0v) is 4.31. The summed E-state index contributed by atoms with van der Waals surface area (Å²) in [5.41, 5.74) is 0. The van der Waals surface area contributed by atoms with Gasteiger partial charge in [0.2, 0.25) is 0 Å². The van der Waals surface area contributed by atoms with Gasteiger partial charge in [0, 0.05) is 19.7 Å². The Bertz CT molecular complexity index is 27.7. The maximum absolute atomic E-state index is 5.10. The van der Waals surface area contributed by atoms with Gasteiger partial charge in [-0.05, 0) is 6.42 Å². The van der Waals surface area contributed by atoms with Crippen molar-refractivity contribution in [3.8, 4) is 0 Å². The molecule has 41 valence electrons. The van der Waals surface area contributed by atoms with E-state index in [4.69, 9.17) is 4.74 Å². The average Bonchev–Trinajstić information content (AvgIpc) is 1.90. The van der Waals surface area contributed by atoms with Crippen LogP contribution < -0.4 is 5.32 Å². The van der Waals surface area contributed by atoms with Gasteiger partial charge in [0.05, 0.1) is 6.61 Å². The molecule has 0 atom stereocenters. The Balaban J connectivity index is 2.04. The van der Waals surface area contributed by atoms with Crippen molar-refractivity contribution in [3.63, 3.8) is 0 Å². The minimum Gasteiger partial charge on any atom is -0.380 e. The first-order valence-electron chi connectivity index (χ1n) is 2.63. The Morgan fingerprint density at radius 1 is 1.43 bits per heavy atom. The van der Waals surface area contributed by atoms with Crippen LogP contribution in [-0.4, -0.2) is 19.8 Å². The van der Waals surface area contributed by atoms with Crippen LogP contribution in [0, 0.1) is 6.54 Å². The van der Waals surface area contributed by atoms with Gasteiger partial charge in [-0.3, -0.25) is 0 Å². The summed E-state index contributed by atoms with van der Waals surface area (Å²) in [6, 6.07) is 0. The van der Waals surface area contributed by atoms with Gasteiger partial charge < -0.3 is 10.1 Å². The fraction of sp³-hybridized carbons (Fsp3) is 0.800. The second kappa shape index (κ2) is 2.99. The molecule has 1 saturated heterocycles. The summed E-state index contributed by atoms with van der Waals surface area (Å²) < 4.78 is 5.10. The molecule has 1 rings (SSSR count). The highest BCUT2D eigenvalue weighted by molar-refractivity contribution is 4.63. The quantitative estimate of drug-likeness (QED) is 0.468. The zero-order chi connectivity index (χ0) is 4.95. The minimum absolute atomic E-state index is 0.858. The summed E-state index contributed by atoms with van der Waals surface area (Å²) in [6.45, 7) is 4.76. The van der Waals surface area contributed by atoms with Crippen molar-refractivity contribution in [1.82, 2.24) is 5.32 Å². The van der Waals surface area contributed by atoms with Crippen LogP contribution in [0.3, 0.4) is 0 Å². The predicted octanol–water partition coefficient (Wildman–Crippen LogP) is 0.158. The van der Waals surface area contributed by atoms with Crippen LogP contribution in [0.25, 0.3) is 0 Å². The smallest absolute Gasteiger partial charge is 0.0591 e. The second-order valence-corrected chi connectivity index (χ2v) is 1.56. The molecule has 0 spiro atoms. The summed E-state index contributed by atoms with van der Waals surface area (Å²) in [6.07, 6.45) is 1.04. The lowest BCUT2D eigenvalue weighted by atomic mass is 10.5. The van der Waals surface area contributed by atoms with E-state index in [9.17, 15) is 0 Å². The molecule has 0 aromatic carbocycles. The van der Waals surface area contributed by atoms with Crippen molar-refractivity contribution in [3.05, 3.63) is 6.54 Å². The first-order valence-corrected chi connectivity index (χ1v) is 2.63. The van der Waals surface area contributed by atoms with Crippen LogP contribution in [0.15, 0.2) is 0 Å². The van der Waals surface area contributed by atoms with Crippen LogP contribution in [0.2, 0.25) is 0 Å². The highest BCUT2D eigenvalue weighted by Gasteiger charge is 1.94. The Kier molecular flexibility index (Phi) is 2.17. The number of rotatable bonds is 0. The van der Waals surface area contributed by atoms with E-state index in [2.05, 4.69) is 5.32 Å². The van der Waals surface area contributed by atoms with Gasteiger partial charge in [-0.25, -0.2) is 0 Å². The molecule has 0 aromatic rings. The van der Waals surface area contributed by atoms with Crippen LogP contribution in [0.5, 0.6) is 0 Å². The lowest BCUT2D eigenvalue weighted by molar-refractivity contribution is 0.152. The molecule has 0 amide bonds. The third-order valence-electron chi connectivity index (χ3n) is 0.942. The van der Waals surface area contributed by atoms with Gasteiger partial charge in [0.1, 0.15) is 0 Å². The van der Waals surface area contributed by atoms with Gasteiger partial charge >= 0.3 is 0 Å². The van der Waals surface area contributed by atoms with Crippen molar-refractivity contribution in [2.24, 2.45) is 0 Å². The molecule has 0 aliphatic carbocycles. The zero-order valence-electron chi connectivity index (χ0n) is 4.31. The van der Waals surface area contributed by atoms with E-state index < -0.39 is 0 Å². The van der Waals surface area contributed by atoms with Crippen LogP contribution in [0.1, 0.15) is 6.42 Å². The Morgan fingerprint density at radius 3 is 3.43 bits per heavy atom. The number of hydrogen-bond acceptors (Lipinski definition) is 2. The Labute approximate surface area is 43.9 Å². The Hall–Kier alpha value is -0.0800. The molecular formula is C5H10NO. The highest BCUT2D eigenvalue weighted by atomic mass is 16.5. The summed E-state index contributed by atoms with van der Waals surface area (Å²) in [7, 11) is 0. The lowest BCUT2D eigenvalue weighted by Gasteiger charge is -1.91. The van der Waals surface area contributed by atoms with Crippen LogP contribution in [-0.2, 0) is 4.74 Å². The number of ether oxygens (including phenoxy) is 1. The molecule has 0 saturated carbocycles. The fourth-order valence-corrected chi connectivity index (χ4v) is 0.580. The second-order valence-electron chi connectivity index (χ2n) is 1.56. The summed E-state index contributed by atoms with van der Waals surface area (Å²) >= 11 is 0. The molecule has 0 bridgehead atoms. The van der Waals surface area contributed by atoms with E-state index in [1.165, 1.54) is 0 Å². The molecule has 2 heteroatoms. The van der Waals surface area contributed by atoms with E-state index in [0.717, 1.165) is 26.2 Å². The van der Waals surface area contributed by atoms with E-state index >= 15 is 0 Å². The van der Waals surface area contributed by atoms with Crippen LogP contribution in [0.4, 0.5) is 0 Å². The molecule has 7 heavy (non-hydrogen) atoms. The standard InChI is InChI=1S/C5H10NO/c1-2-6-3-5-7-4-1/h2,6H,1,3-5H2. The summed E-state index contributed by atoms with van der Waals surface area (Å²) in [5, 5.41) is 3.10. The minimum atomic E-state index is 0.858. The van der Waals surface area contributed by atoms with Crippen molar-refractivity contribution in [2.45, 2.75) is 6.42 Å².